The van der Waals surface area contributed by atoms with Crippen molar-refractivity contribution in [3.8, 4) is 0 Å². The lowest BCUT2D eigenvalue weighted by Crippen LogP contribution is -2.23. The first-order chi connectivity index (χ1) is 7.66. The summed E-state index contributed by atoms with van der Waals surface area (Å²) in [6, 6.07) is 0. The zero-order valence-corrected chi connectivity index (χ0v) is 10.5. The number of carbonyl (C=O) groups is 1. The highest BCUT2D eigenvalue weighted by atomic mass is 16.1. The van der Waals surface area contributed by atoms with E-state index in [0.29, 0.717) is 5.78 Å². The summed E-state index contributed by atoms with van der Waals surface area (Å²) >= 11 is 0. The van der Waals surface area contributed by atoms with Crippen molar-refractivity contribution in [2.45, 2.75) is 46.0 Å². The monoisotopic (exact) mass is 221 g/mol. The molecule has 1 unspecified atom stereocenters. The Morgan fingerprint density at radius 3 is 2.69 bits per heavy atom. The fraction of sp³-hybridized carbons (Fsp3) is 0.786. The number of rotatable bonds is 2. The van der Waals surface area contributed by atoms with Gasteiger partial charge in [0.2, 0.25) is 0 Å². The van der Waals surface area contributed by atoms with Gasteiger partial charge in [-0.2, -0.15) is 0 Å². The van der Waals surface area contributed by atoms with Gasteiger partial charge in [0.05, 0.1) is 0 Å². The van der Waals surface area contributed by atoms with Crippen molar-refractivity contribution in [1.82, 2.24) is 4.90 Å². The summed E-state index contributed by atoms with van der Waals surface area (Å²) < 4.78 is 0. The van der Waals surface area contributed by atoms with Gasteiger partial charge >= 0.3 is 0 Å². The normalized spacial score (nSPS) is 27.2. The summed E-state index contributed by atoms with van der Waals surface area (Å²) in [5, 5.41) is 0. The van der Waals surface area contributed by atoms with E-state index in [1.807, 2.05) is 6.08 Å². The summed E-state index contributed by atoms with van der Waals surface area (Å²) in [4.78, 5) is 13.7. The average molecular weight is 221 g/mol. The van der Waals surface area contributed by atoms with E-state index in [1.165, 1.54) is 25.0 Å². The van der Waals surface area contributed by atoms with Crippen LogP contribution in [0.25, 0.3) is 0 Å². The van der Waals surface area contributed by atoms with E-state index in [1.54, 1.807) is 0 Å². The van der Waals surface area contributed by atoms with Crippen molar-refractivity contribution in [1.29, 1.82) is 0 Å². The number of hydrogen-bond acceptors (Lipinski definition) is 2. The highest BCUT2D eigenvalue weighted by Gasteiger charge is 2.23. The molecule has 1 aliphatic carbocycles. The van der Waals surface area contributed by atoms with E-state index < -0.39 is 0 Å². The minimum Gasteiger partial charge on any atom is -0.375 e. The molecule has 2 heteroatoms. The topological polar surface area (TPSA) is 20.3 Å². The third-order valence-electron chi connectivity index (χ3n) is 4.08. The zero-order chi connectivity index (χ0) is 11.5. The van der Waals surface area contributed by atoms with Gasteiger partial charge in [-0.25, -0.2) is 0 Å². The number of nitrogens with zero attached hydrogens (tertiary/aromatic N) is 1. The molecule has 1 heterocycles. The molecule has 1 atom stereocenters. The first-order valence-electron chi connectivity index (χ1n) is 6.65. The molecular weight excluding hydrogens is 198 g/mol. The van der Waals surface area contributed by atoms with E-state index in [9.17, 15) is 4.79 Å². The summed E-state index contributed by atoms with van der Waals surface area (Å²) in [5.74, 6) is 2.00. The van der Waals surface area contributed by atoms with Gasteiger partial charge in [0.25, 0.3) is 0 Å². The van der Waals surface area contributed by atoms with Gasteiger partial charge in [0, 0.05) is 31.3 Å². The number of likely N-dealkylation sites (tertiary alicyclic amines) is 1. The maximum Gasteiger partial charge on any atom is 0.157 e. The molecule has 0 amide bonds. The van der Waals surface area contributed by atoms with Crippen molar-refractivity contribution in [3.05, 3.63) is 11.8 Å². The predicted octanol–water partition coefficient (Wildman–Crippen LogP) is 2.99. The standard InChI is InChI=1S/C14H23NO/c1-11(2)12-4-3-8-15(9-7-12)13-5-6-14(16)10-13/h10-12H,3-9H2,1-2H3. The van der Waals surface area contributed by atoms with Crippen LogP contribution in [0.5, 0.6) is 0 Å². The lowest BCUT2D eigenvalue weighted by Gasteiger charge is -2.24. The van der Waals surface area contributed by atoms with Gasteiger partial charge in [-0.15, -0.1) is 0 Å². The number of carbonyl (C=O) groups excluding carboxylic acids is 1. The van der Waals surface area contributed by atoms with E-state index in [-0.39, 0.29) is 0 Å². The first-order valence-corrected chi connectivity index (χ1v) is 6.65. The van der Waals surface area contributed by atoms with Gasteiger partial charge in [0.1, 0.15) is 0 Å². The van der Waals surface area contributed by atoms with E-state index in [4.69, 9.17) is 0 Å². The highest BCUT2D eigenvalue weighted by molar-refractivity contribution is 5.92. The fourth-order valence-corrected chi connectivity index (χ4v) is 2.91. The molecule has 0 aromatic rings. The molecule has 0 aromatic carbocycles. The maximum absolute atomic E-state index is 11.3. The molecular formula is C14H23NO. The van der Waals surface area contributed by atoms with Crippen LogP contribution in [-0.4, -0.2) is 23.8 Å². The second kappa shape index (κ2) is 5.03. The van der Waals surface area contributed by atoms with Crippen LogP contribution in [0.3, 0.4) is 0 Å². The Labute approximate surface area is 98.7 Å². The minimum atomic E-state index is 0.319. The van der Waals surface area contributed by atoms with Crippen molar-refractivity contribution in [2.24, 2.45) is 11.8 Å². The molecule has 0 saturated carbocycles. The molecule has 2 aliphatic rings. The van der Waals surface area contributed by atoms with Crippen molar-refractivity contribution in [3.63, 3.8) is 0 Å². The highest BCUT2D eigenvalue weighted by Crippen LogP contribution is 2.28. The van der Waals surface area contributed by atoms with Crippen LogP contribution >= 0.6 is 0 Å². The van der Waals surface area contributed by atoms with Crippen LogP contribution in [0, 0.1) is 11.8 Å². The Morgan fingerprint density at radius 1 is 1.25 bits per heavy atom. The fourth-order valence-electron chi connectivity index (χ4n) is 2.91. The molecule has 2 rings (SSSR count). The number of ketones is 1. The van der Waals surface area contributed by atoms with Crippen LogP contribution in [-0.2, 0) is 4.79 Å². The quantitative estimate of drug-likeness (QED) is 0.714. The zero-order valence-electron chi connectivity index (χ0n) is 10.5. The van der Waals surface area contributed by atoms with Gasteiger partial charge in [-0.1, -0.05) is 13.8 Å². The Morgan fingerprint density at radius 2 is 2.06 bits per heavy atom. The van der Waals surface area contributed by atoms with Crippen molar-refractivity contribution in [2.75, 3.05) is 13.1 Å². The predicted molar refractivity (Wildman–Crippen MR) is 66.1 cm³/mol. The van der Waals surface area contributed by atoms with Crippen LogP contribution in [0.4, 0.5) is 0 Å². The average Bonchev–Trinajstić information content (AvgIpc) is 2.54. The number of allylic oxidation sites excluding steroid dienone is 2. The molecule has 1 fully saturated rings. The minimum absolute atomic E-state index is 0.319. The second-order valence-electron chi connectivity index (χ2n) is 5.52. The van der Waals surface area contributed by atoms with E-state index in [2.05, 4.69) is 18.7 Å². The molecule has 0 N–H and O–H groups in total. The summed E-state index contributed by atoms with van der Waals surface area (Å²) in [7, 11) is 0. The Hall–Kier alpha value is -0.790. The molecule has 0 radical (unpaired) electrons. The molecule has 16 heavy (non-hydrogen) atoms. The molecule has 2 nitrogen and oxygen atoms in total. The lowest BCUT2D eigenvalue weighted by atomic mass is 9.89. The number of hydrogen-bond donors (Lipinski definition) is 0. The second-order valence-corrected chi connectivity index (χ2v) is 5.52. The van der Waals surface area contributed by atoms with Gasteiger partial charge < -0.3 is 4.90 Å². The van der Waals surface area contributed by atoms with Crippen LogP contribution < -0.4 is 0 Å². The largest absolute Gasteiger partial charge is 0.375 e. The lowest BCUT2D eigenvalue weighted by molar-refractivity contribution is -0.114. The smallest absolute Gasteiger partial charge is 0.157 e. The molecule has 1 saturated heterocycles. The Bertz CT molecular complexity index is 293. The van der Waals surface area contributed by atoms with Crippen LogP contribution in [0.2, 0.25) is 0 Å². The molecule has 0 aromatic heterocycles. The van der Waals surface area contributed by atoms with E-state index >= 15 is 0 Å². The summed E-state index contributed by atoms with van der Waals surface area (Å²) in [6.07, 6.45) is 7.52. The molecule has 1 aliphatic heterocycles. The molecule has 90 valence electrons. The summed E-state index contributed by atoms with van der Waals surface area (Å²) in [6.45, 7) is 6.97. The van der Waals surface area contributed by atoms with Gasteiger partial charge in [-0.3, -0.25) is 4.79 Å². The first kappa shape index (κ1) is 11.7. The maximum atomic E-state index is 11.3. The Kier molecular flexibility index (Phi) is 3.67. The summed E-state index contributed by atoms with van der Waals surface area (Å²) in [5.41, 5.74) is 1.30. The van der Waals surface area contributed by atoms with Crippen LogP contribution in [0.15, 0.2) is 11.8 Å². The van der Waals surface area contributed by atoms with Crippen LogP contribution in [0.1, 0.15) is 46.0 Å². The Balaban J connectivity index is 1.94. The van der Waals surface area contributed by atoms with Crippen molar-refractivity contribution >= 4 is 5.78 Å². The third-order valence-corrected chi connectivity index (χ3v) is 4.08. The SMILES string of the molecule is CC(C)C1CCCN(C2=CC(=O)CC2)CC1. The third kappa shape index (κ3) is 2.66. The molecule has 0 spiro atoms. The van der Waals surface area contributed by atoms with Crippen molar-refractivity contribution < 1.29 is 4.79 Å². The van der Waals surface area contributed by atoms with Gasteiger partial charge in [-0.05, 0) is 37.5 Å². The molecule has 0 bridgehead atoms. The van der Waals surface area contributed by atoms with Gasteiger partial charge in [0.15, 0.2) is 5.78 Å². The van der Waals surface area contributed by atoms with E-state index in [0.717, 1.165) is 37.8 Å².